The molecule has 1 aromatic heterocycles. The van der Waals surface area contributed by atoms with Crippen LogP contribution in [0.2, 0.25) is 0 Å². The summed E-state index contributed by atoms with van der Waals surface area (Å²) in [6, 6.07) is 4.30. The van der Waals surface area contributed by atoms with E-state index in [1.165, 1.54) is 31.7 Å². The molecule has 0 aliphatic carbocycles. The highest BCUT2D eigenvalue weighted by atomic mass is 32.1. The van der Waals surface area contributed by atoms with E-state index >= 15 is 0 Å². The van der Waals surface area contributed by atoms with Gasteiger partial charge in [0, 0.05) is 15.0 Å². The number of aryl methyl sites for hydroxylation is 1. The molecule has 86 valence electrons. The Kier molecular flexibility index (Phi) is 3.30. The fraction of sp³-hybridized carbons (Fsp3) is 0.125. The molecule has 1 aromatic carbocycles. The summed E-state index contributed by atoms with van der Waals surface area (Å²) in [7, 11) is 0. The molecule has 1 heterocycles. The van der Waals surface area contributed by atoms with E-state index in [0.29, 0.717) is 0 Å². The second-order valence-corrected chi connectivity index (χ2v) is 5.15. The molecule has 0 amide bonds. The Balaban J connectivity index is 2.90. The first-order valence-corrected chi connectivity index (χ1v) is 6.48. The Morgan fingerprint density at radius 1 is 1.12 bits per heavy atom. The third-order valence-corrected chi connectivity index (χ3v) is 4.08. The van der Waals surface area contributed by atoms with Crippen molar-refractivity contribution in [1.82, 2.24) is 0 Å². The molecular formula is C16H16S. The van der Waals surface area contributed by atoms with E-state index in [4.69, 9.17) is 0 Å². The van der Waals surface area contributed by atoms with Crippen molar-refractivity contribution in [3.8, 4) is 0 Å². The molecule has 0 unspecified atom stereocenters. The largest absolute Gasteiger partial charge is 0.139 e. The summed E-state index contributed by atoms with van der Waals surface area (Å²) in [4.78, 5) is 1.32. The molecule has 2 aromatic rings. The summed E-state index contributed by atoms with van der Waals surface area (Å²) in [6.45, 7) is 12.0. The van der Waals surface area contributed by atoms with Gasteiger partial charge in [-0.15, -0.1) is 11.3 Å². The van der Waals surface area contributed by atoms with Gasteiger partial charge in [-0.25, -0.2) is 0 Å². The normalized spacial score (nSPS) is 11.2. The van der Waals surface area contributed by atoms with Crippen LogP contribution in [0.5, 0.6) is 0 Å². The monoisotopic (exact) mass is 240 g/mol. The molecule has 0 nitrogen and oxygen atoms in total. The van der Waals surface area contributed by atoms with E-state index < -0.39 is 0 Å². The summed E-state index contributed by atoms with van der Waals surface area (Å²) in [5, 5.41) is 1.29. The number of rotatable bonds is 3. The van der Waals surface area contributed by atoms with Gasteiger partial charge in [0.25, 0.3) is 0 Å². The van der Waals surface area contributed by atoms with Crippen molar-refractivity contribution >= 4 is 39.7 Å². The number of benzene rings is 1. The maximum Gasteiger partial charge on any atom is 0.0430 e. The van der Waals surface area contributed by atoms with Gasteiger partial charge in [-0.05, 0) is 30.5 Å². The lowest BCUT2D eigenvalue weighted by Gasteiger charge is -2.03. The highest BCUT2D eigenvalue weighted by molar-refractivity contribution is 7.19. The second kappa shape index (κ2) is 4.72. The molecule has 0 atom stereocenters. The van der Waals surface area contributed by atoms with E-state index in [9.17, 15) is 0 Å². The molecule has 0 aliphatic heterocycles. The van der Waals surface area contributed by atoms with Gasteiger partial charge < -0.3 is 0 Å². The minimum atomic E-state index is 1.19. The van der Waals surface area contributed by atoms with Crippen molar-refractivity contribution in [3.63, 3.8) is 0 Å². The van der Waals surface area contributed by atoms with Gasteiger partial charge in [-0.3, -0.25) is 0 Å². The zero-order chi connectivity index (χ0) is 12.4. The molecule has 0 fully saturated rings. The fourth-order valence-electron chi connectivity index (χ4n) is 2.10. The summed E-state index contributed by atoms with van der Waals surface area (Å²) in [6.07, 6.45) is 8.09. The minimum Gasteiger partial charge on any atom is -0.139 e. The van der Waals surface area contributed by atoms with Crippen molar-refractivity contribution < 1.29 is 0 Å². The summed E-state index contributed by atoms with van der Waals surface area (Å²) in [5.41, 5.74) is 3.71. The SMILES string of the molecule is C=Cc1ccc2c(C=C)c(C)sc2c1/C=C\C. The summed E-state index contributed by atoms with van der Waals surface area (Å²) >= 11 is 1.83. The molecule has 0 saturated carbocycles. The Morgan fingerprint density at radius 3 is 2.47 bits per heavy atom. The molecule has 0 N–H and O–H groups in total. The van der Waals surface area contributed by atoms with Crippen LogP contribution >= 0.6 is 11.3 Å². The molecule has 0 spiro atoms. The first kappa shape index (κ1) is 11.9. The van der Waals surface area contributed by atoms with Crippen LogP contribution in [0.3, 0.4) is 0 Å². The second-order valence-electron chi connectivity index (χ2n) is 3.93. The minimum absolute atomic E-state index is 1.19. The van der Waals surface area contributed by atoms with Gasteiger partial charge in [-0.2, -0.15) is 0 Å². The maximum atomic E-state index is 3.90. The van der Waals surface area contributed by atoms with Crippen LogP contribution in [0.4, 0.5) is 0 Å². The zero-order valence-corrected chi connectivity index (χ0v) is 11.1. The average molecular weight is 240 g/mol. The summed E-state index contributed by atoms with van der Waals surface area (Å²) in [5.74, 6) is 0. The zero-order valence-electron chi connectivity index (χ0n) is 10.3. The maximum absolute atomic E-state index is 3.90. The number of hydrogen-bond donors (Lipinski definition) is 0. The molecular weight excluding hydrogens is 224 g/mol. The highest BCUT2D eigenvalue weighted by Crippen LogP contribution is 2.36. The van der Waals surface area contributed by atoms with Gasteiger partial charge in [-0.1, -0.05) is 49.6 Å². The topological polar surface area (TPSA) is 0 Å². The quantitative estimate of drug-likeness (QED) is 0.661. The first-order chi connectivity index (χ1) is 8.22. The van der Waals surface area contributed by atoms with Gasteiger partial charge in [0.1, 0.15) is 0 Å². The first-order valence-electron chi connectivity index (χ1n) is 5.66. The van der Waals surface area contributed by atoms with Crippen molar-refractivity contribution in [2.45, 2.75) is 13.8 Å². The van der Waals surface area contributed by atoms with Gasteiger partial charge >= 0.3 is 0 Å². The fourth-order valence-corrected chi connectivity index (χ4v) is 3.30. The van der Waals surface area contributed by atoms with Gasteiger partial charge in [0.05, 0.1) is 0 Å². The molecule has 0 radical (unpaired) electrons. The molecule has 0 bridgehead atoms. The molecule has 0 saturated heterocycles. The number of fused-ring (bicyclic) bond motifs is 1. The lowest BCUT2D eigenvalue weighted by molar-refractivity contribution is 1.61. The molecule has 2 rings (SSSR count). The third-order valence-electron chi connectivity index (χ3n) is 2.91. The van der Waals surface area contributed by atoms with E-state index in [2.05, 4.69) is 44.4 Å². The Bertz CT molecular complexity index is 612. The van der Waals surface area contributed by atoms with Crippen molar-refractivity contribution in [3.05, 3.63) is 52.9 Å². The van der Waals surface area contributed by atoms with Crippen molar-refractivity contribution in [2.75, 3.05) is 0 Å². The number of thiophene rings is 1. The highest BCUT2D eigenvalue weighted by Gasteiger charge is 2.10. The number of allylic oxidation sites excluding steroid dienone is 1. The van der Waals surface area contributed by atoms with E-state index in [-0.39, 0.29) is 0 Å². The predicted molar refractivity (Wildman–Crippen MR) is 81.5 cm³/mol. The lowest BCUT2D eigenvalue weighted by atomic mass is 10.0. The van der Waals surface area contributed by atoms with Crippen LogP contribution in [-0.4, -0.2) is 0 Å². The molecule has 17 heavy (non-hydrogen) atoms. The third kappa shape index (κ3) is 1.87. The average Bonchev–Trinajstić information content (AvgIpc) is 2.66. The van der Waals surface area contributed by atoms with Crippen LogP contribution < -0.4 is 0 Å². The Labute approximate surface area is 107 Å². The Hall–Kier alpha value is -1.60. The predicted octanol–water partition coefficient (Wildman–Crippen LogP) is 5.53. The van der Waals surface area contributed by atoms with Crippen molar-refractivity contribution in [2.24, 2.45) is 0 Å². The van der Waals surface area contributed by atoms with E-state index in [1.807, 2.05) is 30.4 Å². The van der Waals surface area contributed by atoms with Crippen LogP contribution in [0.1, 0.15) is 28.5 Å². The summed E-state index contributed by atoms with van der Waals surface area (Å²) < 4.78 is 1.33. The standard InChI is InChI=1S/C16H16S/c1-5-8-14-12(6-2)9-10-15-13(7-3)11(4)17-16(14)15/h5-10H,2-3H2,1,4H3/b8-5-. The van der Waals surface area contributed by atoms with E-state index in [1.54, 1.807) is 0 Å². The van der Waals surface area contributed by atoms with Crippen LogP contribution in [0.25, 0.3) is 28.3 Å². The van der Waals surface area contributed by atoms with Crippen LogP contribution in [0, 0.1) is 6.92 Å². The van der Waals surface area contributed by atoms with Crippen molar-refractivity contribution in [1.29, 1.82) is 0 Å². The lowest BCUT2D eigenvalue weighted by Crippen LogP contribution is -1.81. The van der Waals surface area contributed by atoms with Crippen LogP contribution in [-0.2, 0) is 0 Å². The smallest absolute Gasteiger partial charge is 0.0430 e. The number of hydrogen-bond acceptors (Lipinski definition) is 1. The van der Waals surface area contributed by atoms with Gasteiger partial charge in [0.2, 0.25) is 0 Å². The van der Waals surface area contributed by atoms with Gasteiger partial charge in [0.15, 0.2) is 0 Å². The van der Waals surface area contributed by atoms with Crippen LogP contribution in [0.15, 0.2) is 31.4 Å². The molecule has 0 aliphatic rings. The van der Waals surface area contributed by atoms with E-state index in [0.717, 1.165) is 0 Å². The molecule has 1 heteroatoms. The Morgan fingerprint density at radius 2 is 1.88 bits per heavy atom.